The number of fused-ring (bicyclic) bond motifs is 1. The van der Waals surface area contributed by atoms with E-state index in [-0.39, 0.29) is 36.4 Å². The van der Waals surface area contributed by atoms with Crippen LogP contribution in [0.1, 0.15) is 81.1 Å². The van der Waals surface area contributed by atoms with E-state index in [0.29, 0.717) is 39.0 Å². The number of hydrogen-bond acceptors (Lipinski definition) is 13. The van der Waals surface area contributed by atoms with Crippen LogP contribution in [0.25, 0.3) is 11.3 Å². The Labute approximate surface area is 349 Å². The monoisotopic (exact) mass is 825 g/mol. The maximum Gasteiger partial charge on any atom is 0.425 e. The van der Waals surface area contributed by atoms with Gasteiger partial charge in [-0.15, -0.1) is 0 Å². The molecule has 59 heavy (non-hydrogen) atoms. The third-order valence-electron chi connectivity index (χ3n) is 13.6. The largest absolute Gasteiger partial charge is 0.458 e. The molecule has 2 aromatic rings. The lowest BCUT2D eigenvalue weighted by atomic mass is 9.71. The lowest BCUT2D eigenvalue weighted by molar-refractivity contribution is -0.293. The van der Waals surface area contributed by atoms with Gasteiger partial charge in [-0.05, 0) is 86.4 Å². The van der Waals surface area contributed by atoms with E-state index in [9.17, 15) is 24.6 Å². The number of aliphatic hydroxyl groups is 2. The second-order valence-corrected chi connectivity index (χ2v) is 18.4. The molecule has 4 aliphatic heterocycles. The topological polar surface area (TPSA) is 159 Å². The zero-order valence-electron chi connectivity index (χ0n) is 36.9. The zero-order chi connectivity index (χ0) is 43.1. The molecule has 0 radical (unpaired) electrons. The van der Waals surface area contributed by atoms with Gasteiger partial charge in [-0.25, -0.2) is 19.8 Å². The normalized spacial score (nSPS) is 39.2. The number of benzene rings is 1. The van der Waals surface area contributed by atoms with Crippen LogP contribution in [-0.4, -0.2) is 152 Å². The van der Waals surface area contributed by atoms with Crippen LogP contribution in [0.5, 0.6) is 0 Å². The summed E-state index contributed by atoms with van der Waals surface area (Å²) < 4.78 is 27.4. The molecular weight excluding hydrogens is 757 g/mol. The number of carbonyl (C=O) groups is 3. The van der Waals surface area contributed by atoms with Gasteiger partial charge in [-0.2, -0.15) is 0 Å². The minimum absolute atomic E-state index is 0.197. The molecule has 15 heteroatoms. The zero-order valence-corrected chi connectivity index (χ0v) is 36.9. The molecule has 0 spiro atoms. The highest BCUT2D eigenvalue weighted by Crippen LogP contribution is 2.46. The number of hydrazine groups is 1. The van der Waals surface area contributed by atoms with Gasteiger partial charge in [0.25, 0.3) is 0 Å². The van der Waals surface area contributed by atoms with Crippen LogP contribution >= 0.6 is 0 Å². The van der Waals surface area contributed by atoms with Crippen LogP contribution in [0.4, 0.5) is 4.79 Å². The van der Waals surface area contributed by atoms with Crippen LogP contribution in [0.2, 0.25) is 0 Å². The summed E-state index contributed by atoms with van der Waals surface area (Å²) in [6, 6.07) is 8.95. The molecule has 4 saturated heterocycles. The van der Waals surface area contributed by atoms with Gasteiger partial charge in [0.1, 0.15) is 18.1 Å². The summed E-state index contributed by atoms with van der Waals surface area (Å²) in [5.41, 5.74) is -0.974. The molecule has 4 aliphatic rings. The van der Waals surface area contributed by atoms with Crippen molar-refractivity contribution in [1.29, 1.82) is 0 Å². The van der Waals surface area contributed by atoms with Gasteiger partial charge >= 0.3 is 12.1 Å². The molecule has 1 aromatic heterocycles. The Morgan fingerprint density at radius 3 is 2.39 bits per heavy atom. The molecule has 4 fully saturated rings. The highest BCUT2D eigenvalue weighted by Gasteiger charge is 2.63. The third kappa shape index (κ3) is 8.98. The molecule has 1 aromatic carbocycles. The van der Waals surface area contributed by atoms with Crippen LogP contribution in [0.3, 0.4) is 0 Å². The van der Waals surface area contributed by atoms with E-state index in [2.05, 4.69) is 28.3 Å². The molecule has 0 aliphatic carbocycles. The molecule has 15 nitrogen and oxygen atoms in total. The van der Waals surface area contributed by atoms with E-state index in [0.717, 1.165) is 11.3 Å². The Morgan fingerprint density at radius 1 is 1.03 bits per heavy atom. The van der Waals surface area contributed by atoms with Gasteiger partial charge in [0, 0.05) is 42.9 Å². The van der Waals surface area contributed by atoms with E-state index >= 15 is 0 Å². The number of Topliss-reactive ketones (excluding diaryl/α,β-unsaturated/α-hetero) is 1. The highest BCUT2D eigenvalue weighted by molar-refractivity contribution is 6.00. The van der Waals surface area contributed by atoms with Crippen LogP contribution in [-0.2, 0) is 35.1 Å². The number of aryl methyl sites for hydroxylation is 1. The van der Waals surface area contributed by atoms with Crippen molar-refractivity contribution >= 4 is 17.8 Å². The van der Waals surface area contributed by atoms with Gasteiger partial charge in [0.05, 0.1) is 42.5 Å². The van der Waals surface area contributed by atoms with Crippen LogP contribution < -0.4 is 0 Å². The average molecular weight is 825 g/mol. The Hall–Kier alpha value is -3.44. The molecule has 1 unspecified atom stereocenters. The SMILES string of the molecule is CC[C@H]1OC(=O)[C@H](C)C(=O)[C@H](C)[C@@H](O[C@@H]2O[C@H](C)C[C@H](N(C)C)[C@H]2O)[C@@](C)(O)C[C@@H](C)C2[C@H](C)[C@H]3N(C(=O)O[C@]13C)N(CCCn1cnc(-c3ccccc3)c1)CN2C. The fourth-order valence-corrected chi connectivity index (χ4v) is 10.8. The lowest BCUT2D eigenvalue weighted by Gasteiger charge is -2.47. The predicted molar refractivity (Wildman–Crippen MR) is 220 cm³/mol. The predicted octanol–water partition coefficient (Wildman–Crippen LogP) is 4.41. The van der Waals surface area contributed by atoms with Gasteiger partial charge < -0.3 is 38.6 Å². The van der Waals surface area contributed by atoms with E-state index in [1.807, 2.05) is 94.7 Å². The van der Waals surface area contributed by atoms with Gasteiger partial charge in [-0.1, -0.05) is 58.0 Å². The third-order valence-corrected chi connectivity index (χ3v) is 13.6. The minimum Gasteiger partial charge on any atom is -0.458 e. The van der Waals surface area contributed by atoms with Crippen molar-refractivity contribution in [3.8, 4) is 11.3 Å². The number of cyclic esters (lactones) is 1. The first-order chi connectivity index (χ1) is 27.8. The Morgan fingerprint density at radius 2 is 1.73 bits per heavy atom. The van der Waals surface area contributed by atoms with Crippen molar-refractivity contribution in [2.45, 2.75) is 148 Å². The van der Waals surface area contributed by atoms with E-state index in [4.69, 9.17) is 18.9 Å². The molecule has 14 atom stereocenters. The van der Waals surface area contributed by atoms with Gasteiger partial charge in [-0.3, -0.25) is 14.5 Å². The maximum absolute atomic E-state index is 14.3. The summed E-state index contributed by atoms with van der Waals surface area (Å²) in [5, 5.41) is 27.9. The van der Waals surface area contributed by atoms with E-state index in [1.54, 1.807) is 18.9 Å². The number of aliphatic hydroxyl groups excluding tert-OH is 1. The van der Waals surface area contributed by atoms with E-state index < -0.39 is 71.5 Å². The summed E-state index contributed by atoms with van der Waals surface area (Å²) in [6.07, 6.45) is 0.678. The number of carbonyl (C=O) groups excluding carboxylic acids is 3. The molecule has 6 rings (SSSR count). The van der Waals surface area contributed by atoms with Crippen molar-refractivity contribution in [2.24, 2.45) is 23.7 Å². The molecular formula is C44H68N6O9. The first-order valence-electron chi connectivity index (χ1n) is 21.4. The number of aromatic nitrogens is 2. The van der Waals surface area contributed by atoms with Crippen LogP contribution in [0, 0.1) is 23.7 Å². The molecule has 5 heterocycles. The Balaban J connectivity index is 1.34. The molecule has 0 saturated carbocycles. The molecule has 1 amide bonds. The summed E-state index contributed by atoms with van der Waals surface area (Å²) >= 11 is 0. The summed E-state index contributed by atoms with van der Waals surface area (Å²) in [7, 11) is 5.80. The van der Waals surface area contributed by atoms with Crippen molar-refractivity contribution in [3.63, 3.8) is 0 Å². The summed E-state index contributed by atoms with van der Waals surface area (Å²) in [5.74, 6) is -3.89. The Kier molecular flexibility index (Phi) is 13.7. The highest BCUT2D eigenvalue weighted by atomic mass is 16.7. The van der Waals surface area contributed by atoms with Crippen molar-refractivity contribution in [1.82, 2.24) is 29.4 Å². The fourth-order valence-electron chi connectivity index (χ4n) is 10.8. The summed E-state index contributed by atoms with van der Waals surface area (Å²) in [6.45, 7) is 16.2. The lowest BCUT2D eigenvalue weighted by Crippen LogP contribution is -2.61. The Bertz CT molecular complexity index is 1780. The molecule has 2 bridgehead atoms. The molecule has 2 N–H and O–H groups in total. The number of rotatable bonds is 9. The van der Waals surface area contributed by atoms with Crippen LogP contribution in [0.15, 0.2) is 42.9 Å². The van der Waals surface area contributed by atoms with Crippen molar-refractivity contribution in [2.75, 3.05) is 34.4 Å². The van der Waals surface area contributed by atoms with Gasteiger partial charge in [0.2, 0.25) is 0 Å². The fraction of sp³-hybridized carbons (Fsp3) is 0.727. The average Bonchev–Trinajstić information content (AvgIpc) is 3.73. The number of ketones is 1. The first-order valence-corrected chi connectivity index (χ1v) is 21.4. The second kappa shape index (κ2) is 17.9. The van der Waals surface area contributed by atoms with Crippen molar-refractivity contribution in [3.05, 3.63) is 42.9 Å². The number of esters is 1. The number of imidazole rings is 1. The number of likely N-dealkylation sites (N-methyl/N-ethyl adjacent to an activating group) is 1. The maximum atomic E-state index is 14.3. The standard InChI is InChI=1S/C44H68N6O9/c1-12-34-44(8)38-28(4)35(47(11)25-49(50(38)42(54)59-44)20-16-19-48-23-32(45-24-48)31-17-14-13-15-18-31)26(2)22-43(7,55)39(29(5)36(51)30(6)40(53)57-34)58-41-37(52)33(46(9)10)21-27(3)56-41/h13-15,17-18,23-24,26-30,33-35,37-39,41,52,55H,12,16,19-22,25H2,1-11H3/t26-,27-,28+,29+,30-,33+,34-,35?,37-,38-,39-,41+,43+,44-/m1/s1. The number of ether oxygens (including phenoxy) is 4. The molecule has 328 valence electrons. The first kappa shape index (κ1) is 45.1. The van der Waals surface area contributed by atoms with Crippen molar-refractivity contribution < 1.29 is 43.5 Å². The number of nitrogens with zero attached hydrogens (tertiary/aromatic N) is 6. The number of hydrogen-bond donors (Lipinski definition) is 2. The number of amides is 1. The summed E-state index contributed by atoms with van der Waals surface area (Å²) in [4.78, 5) is 51.3. The second-order valence-electron chi connectivity index (χ2n) is 18.4. The van der Waals surface area contributed by atoms with Gasteiger partial charge in [0.15, 0.2) is 17.7 Å². The quantitative estimate of drug-likeness (QED) is 0.271. The smallest absolute Gasteiger partial charge is 0.425 e. The minimum atomic E-state index is -1.63. The van der Waals surface area contributed by atoms with E-state index in [1.165, 1.54) is 6.92 Å².